The maximum Gasteiger partial charge on any atom is 0.355 e. The number of unbranched alkanes of at least 4 members (excludes halogenated alkanes) is 3. The number of ether oxygens (including phenoxy) is 1. The number of nitrogens with zero attached hydrogens (tertiary/aromatic N) is 1. The van der Waals surface area contributed by atoms with Crippen LogP contribution in [0.4, 0.5) is 5.69 Å². The molecular formula is C14H24N2O2. The van der Waals surface area contributed by atoms with Crippen molar-refractivity contribution in [2.45, 2.75) is 52.5 Å². The first-order chi connectivity index (χ1) is 8.69. The van der Waals surface area contributed by atoms with E-state index in [0.717, 1.165) is 25.8 Å². The maximum atomic E-state index is 11.9. The summed E-state index contributed by atoms with van der Waals surface area (Å²) in [5.41, 5.74) is 6.89. The lowest BCUT2D eigenvalue weighted by atomic mass is 10.2. The lowest BCUT2D eigenvalue weighted by Gasteiger charge is -2.07. The summed E-state index contributed by atoms with van der Waals surface area (Å²) in [5.74, 6) is -0.267. The normalized spacial score (nSPS) is 10.6. The number of aryl methyl sites for hydroxylation is 1. The number of esters is 1. The van der Waals surface area contributed by atoms with Crippen molar-refractivity contribution in [2.75, 3.05) is 12.3 Å². The van der Waals surface area contributed by atoms with E-state index in [1.807, 2.05) is 4.57 Å². The van der Waals surface area contributed by atoms with E-state index in [4.69, 9.17) is 10.5 Å². The standard InChI is InChI=1S/C14H24N2O2/c1-3-5-6-7-9-18-14(17)13-10-12(15)11-16(13)8-4-2/h10-11H,3-9,15H2,1-2H3. The molecule has 102 valence electrons. The lowest BCUT2D eigenvalue weighted by molar-refractivity contribution is 0.0485. The van der Waals surface area contributed by atoms with Crippen LogP contribution in [0.3, 0.4) is 0 Å². The number of nitrogen functional groups attached to an aromatic ring is 1. The summed E-state index contributed by atoms with van der Waals surface area (Å²) in [4.78, 5) is 11.9. The van der Waals surface area contributed by atoms with E-state index < -0.39 is 0 Å². The van der Waals surface area contributed by atoms with Crippen LogP contribution in [-0.4, -0.2) is 17.1 Å². The predicted octanol–water partition coefficient (Wildman–Crippen LogP) is 3.22. The molecule has 0 unspecified atom stereocenters. The zero-order valence-electron chi connectivity index (χ0n) is 11.4. The Kier molecular flexibility index (Phi) is 6.33. The van der Waals surface area contributed by atoms with Crippen molar-refractivity contribution in [2.24, 2.45) is 0 Å². The van der Waals surface area contributed by atoms with Crippen molar-refractivity contribution < 1.29 is 9.53 Å². The van der Waals surface area contributed by atoms with Gasteiger partial charge < -0.3 is 15.0 Å². The molecule has 1 aromatic rings. The Labute approximate surface area is 109 Å². The zero-order chi connectivity index (χ0) is 13.4. The Morgan fingerprint density at radius 3 is 2.72 bits per heavy atom. The van der Waals surface area contributed by atoms with Gasteiger partial charge in [0.1, 0.15) is 5.69 Å². The van der Waals surface area contributed by atoms with Crippen molar-refractivity contribution >= 4 is 11.7 Å². The van der Waals surface area contributed by atoms with Gasteiger partial charge in [-0.15, -0.1) is 0 Å². The molecule has 0 spiro atoms. The number of rotatable bonds is 8. The third kappa shape index (κ3) is 4.43. The number of nitrogens with two attached hydrogens (primary N) is 1. The van der Waals surface area contributed by atoms with Gasteiger partial charge in [0.25, 0.3) is 0 Å². The van der Waals surface area contributed by atoms with E-state index in [9.17, 15) is 4.79 Å². The van der Waals surface area contributed by atoms with E-state index in [2.05, 4.69) is 13.8 Å². The second-order valence-electron chi connectivity index (χ2n) is 4.55. The molecule has 4 nitrogen and oxygen atoms in total. The summed E-state index contributed by atoms with van der Waals surface area (Å²) in [6.45, 7) is 5.51. The van der Waals surface area contributed by atoms with Crippen LogP contribution in [0, 0.1) is 0 Å². The van der Waals surface area contributed by atoms with Gasteiger partial charge in [-0.2, -0.15) is 0 Å². The fourth-order valence-corrected chi connectivity index (χ4v) is 1.90. The second kappa shape index (κ2) is 7.80. The molecule has 2 N–H and O–H groups in total. The van der Waals surface area contributed by atoms with Crippen LogP contribution in [0.2, 0.25) is 0 Å². The van der Waals surface area contributed by atoms with E-state index in [1.54, 1.807) is 12.3 Å². The lowest BCUT2D eigenvalue weighted by Crippen LogP contribution is -2.12. The summed E-state index contributed by atoms with van der Waals surface area (Å²) in [6, 6.07) is 1.68. The summed E-state index contributed by atoms with van der Waals surface area (Å²) in [6.07, 6.45) is 7.17. The average Bonchev–Trinajstić information content (AvgIpc) is 2.70. The molecule has 4 heteroatoms. The third-order valence-electron chi connectivity index (χ3n) is 2.82. The van der Waals surface area contributed by atoms with Gasteiger partial charge >= 0.3 is 5.97 Å². The first-order valence-electron chi connectivity index (χ1n) is 6.81. The smallest absolute Gasteiger partial charge is 0.355 e. The molecule has 18 heavy (non-hydrogen) atoms. The van der Waals surface area contributed by atoms with Crippen LogP contribution in [0.1, 0.15) is 56.4 Å². The van der Waals surface area contributed by atoms with Crippen LogP contribution in [-0.2, 0) is 11.3 Å². The molecule has 1 rings (SSSR count). The Morgan fingerprint density at radius 2 is 2.06 bits per heavy atom. The topological polar surface area (TPSA) is 57.2 Å². The van der Waals surface area contributed by atoms with Crippen LogP contribution in [0.15, 0.2) is 12.3 Å². The minimum Gasteiger partial charge on any atom is -0.461 e. The Hall–Kier alpha value is -1.45. The summed E-state index contributed by atoms with van der Waals surface area (Å²) >= 11 is 0. The minimum atomic E-state index is -0.267. The molecule has 0 fully saturated rings. The van der Waals surface area contributed by atoms with Gasteiger partial charge in [-0.1, -0.05) is 33.1 Å². The average molecular weight is 252 g/mol. The highest BCUT2D eigenvalue weighted by Gasteiger charge is 2.13. The van der Waals surface area contributed by atoms with Gasteiger partial charge in [-0.3, -0.25) is 0 Å². The van der Waals surface area contributed by atoms with Crippen LogP contribution in [0.5, 0.6) is 0 Å². The van der Waals surface area contributed by atoms with Gasteiger partial charge in [-0.25, -0.2) is 4.79 Å². The first-order valence-corrected chi connectivity index (χ1v) is 6.81. The van der Waals surface area contributed by atoms with E-state index in [1.165, 1.54) is 12.8 Å². The van der Waals surface area contributed by atoms with Crippen LogP contribution < -0.4 is 5.73 Å². The van der Waals surface area contributed by atoms with Gasteiger partial charge in [0.15, 0.2) is 0 Å². The van der Waals surface area contributed by atoms with E-state index in [0.29, 0.717) is 18.0 Å². The highest BCUT2D eigenvalue weighted by Crippen LogP contribution is 2.13. The van der Waals surface area contributed by atoms with Crippen molar-refractivity contribution in [3.63, 3.8) is 0 Å². The Bertz CT molecular complexity index is 372. The molecule has 0 amide bonds. The molecule has 1 heterocycles. The van der Waals surface area contributed by atoms with Crippen molar-refractivity contribution in [3.05, 3.63) is 18.0 Å². The summed E-state index contributed by atoms with van der Waals surface area (Å²) in [5, 5.41) is 0. The SMILES string of the molecule is CCCCCCOC(=O)c1cc(N)cn1CCC. The Balaban J connectivity index is 2.45. The van der Waals surface area contributed by atoms with Crippen LogP contribution in [0.25, 0.3) is 0 Å². The van der Waals surface area contributed by atoms with Gasteiger partial charge in [0.05, 0.1) is 12.3 Å². The third-order valence-corrected chi connectivity index (χ3v) is 2.82. The minimum absolute atomic E-state index is 0.267. The largest absolute Gasteiger partial charge is 0.461 e. The molecular weight excluding hydrogens is 228 g/mol. The highest BCUT2D eigenvalue weighted by molar-refractivity contribution is 5.89. The van der Waals surface area contributed by atoms with Crippen molar-refractivity contribution in [3.8, 4) is 0 Å². The molecule has 0 saturated carbocycles. The van der Waals surface area contributed by atoms with Crippen LogP contribution >= 0.6 is 0 Å². The molecule has 0 saturated heterocycles. The van der Waals surface area contributed by atoms with E-state index in [-0.39, 0.29) is 5.97 Å². The molecule has 0 aliphatic carbocycles. The quantitative estimate of drug-likeness (QED) is 0.571. The van der Waals surface area contributed by atoms with Gasteiger partial charge in [0, 0.05) is 12.7 Å². The number of carbonyl (C=O) groups is 1. The summed E-state index contributed by atoms with van der Waals surface area (Å²) < 4.78 is 7.12. The molecule has 0 aromatic carbocycles. The zero-order valence-corrected chi connectivity index (χ0v) is 11.4. The van der Waals surface area contributed by atoms with Gasteiger partial charge in [0.2, 0.25) is 0 Å². The highest BCUT2D eigenvalue weighted by atomic mass is 16.5. The fraction of sp³-hybridized carbons (Fsp3) is 0.643. The molecule has 0 aliphatic rings. The predicted molar refractivity (Wildman–Crippen MR) is 73.6 cm³/mol. The second-order valence-corrected chi connectivity index (χ2v) is 4.55. The number of hydrogen-bond donors (Lipinski definition) is 1. The molecule has 0 radical (unpaired) electrons. The number of hydrogen-bond acceptors (Lipinski definition) is 3. The molecule has 0 bridgehead atoms. The molecule has 0 aliphatic heterocycles. The molecule has 0 atom stereocenters. The molecule has 1 aromatic heterocycles. The first kappa shape index (κ1) is 14.6. The van der Waals surface area contributed by atoms with Gasteiger partial charge in [-0.05, 0) is 18.9 Å². The number of anilines is 1. The monoisotopic (exact) mass is 252 g/mol. The Morgan fingerprint density at radius 1 is 1.28 bits per heavy atom. The summed E-state index contributed by atoms with van der Waals surface area (Å²) in [7, 11) is 0. The fourth-order valence-electron chi connectivity index (χ4n) is 1.90. The number of carbonyl (C=O) groups excluding carboxylic acids is 1. The van der Waals surface area contributed by atoms with Crippen molar-refractivity contribution in [1.29, 1.82) is 0 Å². The van der Waals surface area contributed by atoms with E-state index >= 15 is 0 Å². The maximum absolute atomic E-state index is 11.9. The number of aromatic nitrogens is 1. The van der Waals surface area contributed by atoms with Crippen molar-refractivity contribution in [1.82, 2.24) is 4.57 Å².